The molecular weight excluding hydrogens is 373 g/mol. The Morgan fingerprint density at radius 3 is 2.62 bits per heavy atom. The number of ether oxygens (including phenoxy) is 1. The van der Waals surface area contributed by atoms with Crippen LogP contribution in [0.4, 0.5) is 5.69 Å². The predicted octanol–water partition coefficient (Wildman–Crippen LogP) is 5.86. The first-order valence-corrected chi connectivity index (χ1v) is 8.26. The molecule has 0 saturated carbocycles. The summed E-state index contributed by atoms with van der Waals surface area (Å²) in [5.41, 5.74) is 3.20. The zero-order valence-corrected chi connectivity index (χ0v) is 14.5. The van der Waals surface area contributed by atoms with Gasteiger partial charge in [0.2, 0.25) is 0 Å². The van der Waals surface area contributed by atoms with Gasteiger partial charge in [-0.15, -0.1) is 0 Å². The molecule has 1 unspecified atom stereocenters. The van der Waals surface area contributed by atoms with Gasteiger partial charge in [0.05, 0.1) is 22.3 Å². The summed E-state index contributed by atoms with van der Waals surface area (Å²) in [7, 11) is 0. The van der Waals surface area contributed by atoms with Crippen molar-refractivity contribution >= 4 is 44.8 Å². The van der Waals surface area contributed by atoms with E-state index in [0.29, 0.717) is 10.0 Å². The maximum Gasteiger partial charge on any atom is 0.122 e. The summed E-state index contributed by atoms with van der Waals surface area (Å²) in [6.45, 7) is 2.86. The van der Waals surface area contributed by atoms with E-state index in [1.807, 2.05) is 18.2 Å². The molecule has 3 rings (SSSR count). The highest BCUT2D eigenvalue weighted by Crippen LogP contribution is 2.36. The number of benzene rings is 2. The van der Waals surface area contributed by atoms with E-state index in [9.17, 15) is 0 Å². The van der Waals surface area contributed by atoms with Crippen LogP contribution >= 0.6 is 39.1 Å². The number of hydrogen-bond donors (Lipinski definition) is 1. The van der Waals surface area contributed by atoms with Crippen molar-refractivity contribution < 1.29 is 4.74 Å². The lowest BCUT2D eigenvalue weighted by Gasteiger charge is -2.19. The minimum atomic E-state index is 0.104. The van der Waals surface area contributed by atoms with Crippen LogP contribution in [-0.4, -0.2) is 6.61 Å². The van der Waals surface area contributed by atoms with E-state index in [4.69, 9.17) is 27.9 Å². The Hall–Kier alpha value is -0.900. The first-order valence-electron chi connectivity index (χ1n) is 6.71. The summed E-state index contributed by atoms with van der Waals surface area (Å²) in [5.74, 6) is 0.991. The van der Waals surface area contributed by atoms with Crippen molar-refractivity contribution in [2.75, 3.05) is 11.9 Å². The Morgan fingerprint density at radius 2 is 1.90 bits per heavy atom. The van der Waals surface area contributed by atoms with Crippen molar-refractivity contribution in [3.05, 3.63) is 56.0 Å². The first kappa shape index (κ1) is 15.0. The summed E-state index contributed by atoms with van der Waals surface area (Å²) in [6.07, 6.45) is 0.968. The first-order chi connectivity index (χ1) is 10.0. The molecule has 2 aromatic rings. The number of nitrogens with one attached hydrogen (secondary N) is 1. The van der Waals surface area contributed by atoms with Gasteiger partial charge < -0.3 is 10.1 Å². The fraction of sp³-hybridized carbons (Fsp3) is 0.250. The number of rotatable bonds is 3. The maximum absolute atomic E-state index is 6.26. The predicted molar refractivity (Wildman–Crippen MR) is 91.8 cm³/mol. The number of halogens is 3. The molecule has 0 fully saturated rings. The van der Waals surface area contributed by atoms with E-state index < -0.39 is 0 Å². The summed E-state index contributed by atoms with van der Waals surface area (Å²) >= 11 is 15.9. The highest BCUT2D eigenvalue weighted by atomic mass is 79.9. The monoisotopic (exact) mass is 385 g/mol. The maximum atomic E-state index is 6.26. The highest BCUT2D eigenvalue weighted by molar-refractivity contribution is 9.10. The third-order valence-electron chi connectivity index (χ3n) is 3.58. The zero-order chi connectivity index (χ0) is 15.0. The average molecular weight is 387 g/mol. The molecule has 5 heteroatoms. The molecule has 1 aliphatic rings. The molecule has 1 aliphatic heterocycles. The molecule has 0 amide bonds. The third kappa shape index (κ3) is 3.15. The van der Waals surface area contributed by atoms with Crippen LogP contribution in [0.3, 0.4) is 0 Å². The van der Waals surface area contributed by atoms with Gasteiger partial charge in [-0.25, -0.2) is 0 Å². The van der Waals surface area contributed by atoms with Crippen molar-refractivity contribution in [2.45, 2.75) is 19.4 Å². The van der Waals surface area contributed by atoms with Gasteiger partial charge in [-0.1, -0.05) is 45.2 Å². The summed E-state index contributed by atoms with van der Waals surface area (Å²) in [4.78, 5) is 0. The Balaban J connectivity index is 1.85. The molecule has 0 radical (unpaired) electrons. The highest BCUT2D eigenvalue weighted by Gasteiger charge is 2.16. The summed E-state index contributed by atoms with van der Waals surface area (Å²) < 4.78 is 6.40. The van der Waals surface area contributed by atoms with Crippen LogP contribution in [0.1, 0.15) is 24.1 Å². The van der Waals surface area contributed by atoms with Crippen LogP contribution in [0.25, 0.3) is 0 Å². The zero-order valence-electron chi connectivity index (χ0n) is 11.4. The van der Waals surface area contributed by atoms with E-state index >= 15 is 0 Å². The average Bonchev–Trinajstić information content (AvgIpc) is 2.89. The van der Waals surface area contributed by atoms with Gasteiger partial charge in [0, 0.05) is 16.9 Å². The topological polar surface area (TPSA) is 21.3 Å². The van der Waals surface area contributed by atoms with Gasteiger partial charge in [0.15, 0.2) is 0 Å². The van der Waals surface area contributed by atoms with Crippen LogP contribution < -0.4 is 10.1 Å². The summed E-state index contributed by atoms with van der Waals surface area (Å²) in [6, 6.07) is 10.1. The van der Waals surface area contributed by atoms with E-state index in [2.05, 4.69) is 40.3 Å². The van der Waals surface area contributed by atoms with Gasteiger partial charge in [0.25, 0.3) is 0 Å². The largest absolute Gasteiger partial charge is 0.493 e. The molecule has 2 aromatic carbocycles. The lowest BCUT2D eigenvalue weighted by atomic mass is 10.0. The Labute approximate surface area is 142 Å². The second-order valence-corrected chi connectivity index (χ2v) is 6.81. The third-order valence-corrected chi connectivity index (χ3v) is 4.64. The quantitative estimate of drug-likeness (QED) is 0.712. The number of fused-ring (bicyclic) bond motifs is 1. The number of hydrogen-bond acceptors (Lipinski definition) is 2. The molecule has 0 aliphatic carbocycles. The van der Waals surface area contributed by atoms with E-state index in [1.54, 1.807) is 0 Å². The molecule has 1 heterocycles. The molecule has 21 heavy (non-hydrogen) atoms. The second-order valence-electron chi connectivity index (χ2n) is 5.08. The normalized spacial score (nSPS) is 14.5. The van der Waals surface area contributed by atoms with Crippen molar-refractivity contribution in [2.24, 2.45) is 0 Å². The lowest BCUT2D eigenvalue weighted by molar-refractivity contribution is 0.357. The standard InChI is InChI=1S/C16H14BrCl2NO/c1-9(10-2-3-15-11(6-10)4-5-21-15)20-16-13(18)7-12(17)8-14(16)19/h2-3,6-9,20H,4-5H2,1H3. The molecular formula is C16H14BrCl2NO. The fourth-order valence-electron chi connectivity index (χ4n) is 2.46. The molecule has 1 N–H and O–H groups in total. The van der Waals surface area contributed by atoms with Gasteiger partial charge in [-0.05, 0) is 42.3 Å². The van der Waals surface area contributed by atoms with E-state index in [-0.39, 0.29) is 6.04 Å². The molecule has 0 saturated heterocycles. The van der Waals surface area contributed by atoms with E-state index in [1.165, 1.54) is 11.1 Å². The van der Waals surface area contributed by atoms with Crippen LogP contribution in [-0.2, 0) is 6.42 Å². The molecule has 1 atom stereocenters. The molecule has 2 nitrogen and oxygen atoms in total. The Bertz CT molecular complexity index is 667. The molecule has 0 aromatic heterocycles. The van der Waals surface area contributed by atoms with Gasteiger partial charge in [0.1, 0.15) is 5.75 Å². The van der Waals surface area contributed by atoms with Crippen molar-refractivity contribution in [1.29, 1.82) is 0 Å². The van der Waals surface area contributed by atoms with Crippen LogP contribution in [0.2, 0.25) is 10.0 Å². The minimum Gasteiger partial charge on any atom is -0.493 e. The second kappa shape index (κ2) is 6.07. The van der Waals surface area contributed by atoms with Crippen LogP contribution in [0, 0.1) is 0 Å². The van der Waals surface area contributed by atoms with Crippen LogP contribution in [0.5, 0.6) is 5.75 Å². The molecule has 0 bridgehead atoms. The van der Waals surface area contributed by atoms with Crippen LogP contribution in [0.15, 0.2) is 34.8 Å². The Kier molecular flexibility index (Phi) is 4.34. The van der Waals surface area contributed by atoms with Gasteiger partial charge in [-0.3, -0.25) is 0 Å². The SMILES string of the molecule is CC(Nc1c(Cl)cc(Br)cc1Cl)c1ccc2c(c1)CCO2. The molecule has 0 spiro atoms. The van der Waals surface area contributed by atoms with Gasteiger partial charge >= 0.3 is 0 Å². The lowest BCUT2D eigenvalue weighted by Crippen LogP contribution is -2.07. The molecule has 110 valence electrons. The number of anilines is 1. The smallest absolute Gasteiger partial charge is 0.122 e. The minimum absolute atomic E-state index is 0.104. The Morgan fingerprint density at radius 1 is 1.19 bits per heavy atom. The van der Waals surface area contributed by atoms with Crippen molar-refractivity contribution in [1.82, 2.24) is 0 Å². The van der Waals surface area contributed by atoms with Crippen molar-refractivity contribution in [3.8, 4) is 5.75 Å². The van der Waals surface area contributed by atoms with Crippen molar-refractivity contribution in [3.63, 3.8) is 0 Å². The van der Waals surface area contributed by atoms with E-state index in [0.717, 1.165) is 28.9 Å². The fourth-order valence-corrected chi connectivity index (χ4v) is 3.77. The summed E-state index contributed by atoms with van der Waals surface area (Å²) in [5, 5.41) is 4.59. The van der Waals surface area contributed by atoms with Gasteiger partial charge in [-0.2, -0.15) is 0 Å².